The zero-order valence-electron chi connectivity index (χ0n) is 20.4. The minimum atomic E-state index is 0.203. The van der Waals surface area contributed by atoms with Gasteiger partial charge in [0.1, 0.15) is 28.8 Å². The van der Waals surface area contributed by atoms with Crippen LogP contribution in [0.15, 0.2) is 83.6 Å². The first-order valence-corrected chi connectivity index (χ1v) is 12.7. The Hall–Kier alpha value is -4.79. The molecule has 0 radical (unpaired) electrons. The lowest BCUT2D eigenvalue weighted by molar-refractivity contribution is 0.516. The Labute approximate surface area is 215 Å². The fourth-order valence-corrected chi connectivity index (χ4v) is 6.45. The first-order valence-electron chi connectivity index (χ1n) is 12.7. The van der Waals surface area contributed by atoms with Gasteiger partial charge in [-0.1, -0.05) is 43.3 Å². The fourth-order valence-electron chi connectivity index (χ4n) is 6.45. The Morgan fingerprint density at radius 2 is 1.86 bits per heavy atom. The van der Waals surface area contributed by atoms with Crippen molar-refractivity contribution in [3.63, 3.8) is 0 Å². The van der Waals surface area contributed by atoms with Crippen LogP contribution in [0.25, 0.3) is 27.6 Å². The molecule has 5 nitrogen and oxygen atoms in total. The van der Waals surface area contributed by atoms with Gasteiger partial charge in [0.05, 0.1) is 17.6 Å². The van der Waals surface area contributed by atoms with E-state index in [4.69, 9.17) is 4.98 Å². The molecule has 0 fully saturated rings. The molecule has 0 saturated carbocycles. The number of hydrogen-bond acceptors (Lipinski definition) is 4. The van der Waals surface area contributed by atoms with E-state index in [0.29, 0.717) is 11.5 Å². The van der Waals surface area contributed by atoms with E-state index in [1.165, 1.54) is 11.3 Å². The third-order valence-corrected chi connectivity index (χ3v) is 7.94. The molecule has 0 spiro atoms. The van der Waals surface area contributed by atoms with Gasteiger partial charge in [0, 0.05) is 33.9 Å². The summed E-state index contributed by atoms with van der Waals surface area (Å²) in [5, 5.41) is 21.1. The standard InChI is InChI=1S/C32H23N5/c1-20-15-22(19-34)17-26-24-8-3-5-10-28(24)37(32(20)26)31-12-6-11-30(35-31)36-27-9-4-2-7-23(27)25-16-21(18-33)13-14-29(25)36/h2,4-7,9-12,16-17,20,24,28H,3,8,15H2,1H3. The van der Waals surface area contributed by atoms with Crippen LogP contribution in [0.3, 0.4) is 0 Å². The van der Waals surface area contributed by atoms with Crippen molar-refractivity contribution >= 4 is 27.6 Å². The molecule has 2 aromatic carbocycles. The largest absolute Gasteiger partial charge is 0.322 e. The quantitative estimate of drug-likeness (QED) is 0.307. The second kappa shape index (κ2) is 8.12. The van der Waals surface area contributed by atoms with Crippen LogP contribution < -0.4 is 4.90 Å². The molecule has 176 valence electrons. The zero-order chi connectivity index (χ0) is 25.1. The second-order valence-corrected chi connectivity index (χ2v) is 10.1. The molecule has 3 unspecified atom stereocenters. The molecule has 1 aliphatic heterocycles. The van der Waals surface area contributed by atoms with Crippen LogP contribution in [0, 0.1) is 46.6 Å². The van der Waals surface area contributed by atoms with Gasteiger partial charge in [-0.25, -0.2) is 4.98 Å². The van der Waals surface area contributed by atoms with E-state index >= 15 is 0 Å². The van der Waals surface area contributed by atoms with E-state index in [-0.39, 0.29) is 12.0 Å². The molecule has 3 atom stereocenters. The van der Waals surface area contributed by atoms with E-state index in [1.54, 1.807) is 0 Å². The lowest BCUT2D eigenvalue weighted by Gasteiger charge is -2.33. The van der Waals surface area contributed by atoms with Crippen LogP contribution in [0.2, 0.25) is 0 Å². The van der Waals surface area contributed by atoms with Crippen molar-refractivity contribution in [2.45, 2.75) is 32.2 Å². The molecule has 5 heteroatoms. The van der Waals surface area contributed by atoms with Crippen molar-refractivity contribution in [2.75, 3.05) is 4.90 Å². The topological polar surface area (TPSA) is 68.6 Å². The molecule has 0 bridgehead atoms. The predicted molar refractivity (Wildman–Crippen MR) is 144 cm³/mol. The number of allylic oxidation sites excluding steroid dienone is 4. The molecule has 0 amide bonds. The van der Waals surface area contributed by atoms with Gasteiger partial charge in [-0.05, 0) is 67.3 Å². The molecule has 37 heavy (non-hydrogen) atoms. The van der Waals surface area contributed by atoms with Crippen molar-refractivity contribution in [1.82, 2.24) is 9.55 Å². The summed E-state index contributed by atoms with van der Waals surface area (Å²) in [5.41, 5.74) is 5.82. The highest BCUT2D eigenvalue weighted by Crippen LogP contribution is 2.48. The van der Waals surface area contributed by atoms with E-state index in [2.05, 4.69) is 83.2 Å². The normalized spacial score (nSPS) is 22.3. The van der Waals surface area contributed by atoms with Crippen LogP contribution in [0.5, 0.6) is 0 Å². The first-order chi connectivity index (χ1) is 18.2. The third kappa shape index (κ3) is 3.13. The number of para-hydroxylation sites is 1. The third-order valence-electron chi connectivity index (χ3n) is 7.94. The number of nitrogens with zero attached hydrogens (tertiary/aromatic N) is 5. The van der Waals surface area contributed by atoms with Crippen molar-refractivity contribution < 1.29 is 0 Å². The number of anilines is 1. The summed E-state index contributed by atoms with van der Waals surface area (Å²) < 4.78 is 2.11. The highest BCUT2D eigenvalue weighted by Gasteiger charge is 2.43. The van der Waals surface area contributed by atoms with Crippen molar-refractivity contribution in [3.05, 3.63) is 101 Å². The maximum atomic E-state index is 9.65. The van der Waals surface area contributed by atoms with Crippen LogP contribution >= 0.6 is 0 Å². The monoisotopic (exact) mass is 477 g/mol. The van der Waals surface area contributed by atoms with Crippen molar-refractivity contribution in [3.8, 4) is 18.0 Å². The Morgan fingerprint density at radius 3 is 2.73 bits per heavy atom. The van der Waals surface area contributed by atoms with Gasteiger partial charge >= 0.3 is 0 Å². The van der Waals surface area contributed by atoms with Crippen LogP contribution in [-0.4, -0.2) is 15.6 Å². The Kier molecular flexibility index (Phi) is 4.72. The number of fused-ring (bicyclic) bond motifs is 5. The number of hydrogen-bond donors (Lipinski definition) is 0. The summed E-state index contributed by atoms with van der Waals surface area (Å²) in [5.74, 6) is 2.34. The van der Waals surface area contributed by atoms with Gasteiger partial charge in [0.15, 0.2) is 0 Å². The van der Waals surface area contributed by atoms with Crippen LogP contribution in [-0.2, 0) is 0 Å². The maximum absolute atomic E-state index is 9.65. The highest BCUT2D eigenvalue weighted by atomic mass is 15.3. The minimum absolute atomic E-state index is 0.203. The average Bonchev–Trinajstić information content (AvgIpc) is 3.46. The van der Waals surface area contributed by atoms with E-state index in [1.807, 2.05) is 24.3 Å². The zero-order valence-corrected chi connectivity index (χ0v) is 20.4. The summed E-state index contributed by atoms with van der Waals surface area (Å²) in [6, 6.07) is 27.3. The summed E-state index contributed by atoms with van der Waals surface area (Å²) >= 11 is 0. The lowest BCUT2D eigenvalue weighted by atomic mass is 9.81. The maximum Gasteiger partial charge on any atom is 0.140 e. The number of benzene rings is 1. The Balaban J connectivity index is 1.43. The van der Waals surface area contributed by atoms with Gasteiger partial charge in [-0.2, -0.15) is 10.5 Å². The molecular weight excluding hydrogens is 454 g/mol. The molecule has 0 saturated heterocycles. The summed E-state index contributed by atoms with van der Waals surface area (Å²) in [4.78, 5) is 7.64. The van der Waals surface area contributed by atoms with Gasteiger partial charge in [-0.15, -0.1) is 0 Å². The smallest absolute Gasteiger partial charge is 0.140 e. The second-order valence-electron chi connectivity index (χ2n) is 10.1. The molecule has 2 aliphatic carbocycles. The van der Waals surface area contributed by atoms with Gasteiger partial charge < -0.3 is 4.90 Å². The summed E-state index contributed by atoms with van der Waals surface area (Å²) in [6.45, 7) is 2.22. The molecule has 0 N–H and O–H groups in total. The molecule has 4 aromatic rings. The average molecular weight is 478 g/mol. The molecule has 7 rings (SSSR count). The van der Waals surface area contributed by atoms with Crippen molar-refractivity contribution in [1.29, 1.82) is 10.5 Å². The minimum Gasteiger partial charge on any atom is -0.322 e. The van der Waals surface area contributed by atoms with Crippen LogP contribution in [0.1, 0.15) is 31.7 Å². The van der Waals surface area contributed by atoms with Crippen LogP contribution in [0.4, 0.5) is 5.82 Å². The molecule has 3 aliphatic rings. The predicted octanol–water partition coefficient (Wildman–Crippen LogP) is 6.55. The van der Waals surface area contributed by atoms with Crippen molar-refractivity contribution in [2.24, 2.45) is 11.8 Å². The fraction of sp³-hybridized carbons (Fsp3) is 0.219. The lowest BCUT2D eigenvalue weighted by Crippen LogP contribution is -2.35. The first kappa shape index (κ1) is 21.5. The Bertz CT molecular complexity index is 1770. The summed E-state index contributed by atoms with van der Waals surface area (Å²) in [6.07, 6.45) is 9.63. The number of nitriles is 2. The molecule has 3 heterocycles. The number of rotatable bonds is 2. The van der Waals surface area contributed by atoms with Gasteiger partial charge in [0.25, 0.3) is 0 Å². The number of aromatic nitrogens is 2. The molecule has 2 aromatic heterocycles. The Morgan fingerprint density at radius 1 is 1.00 bits per heavy atom. The van der Waals surface area contributed by atoms with Gasteiger partial charge in [-0.3, -0.25) is 4.57 Å². The highest BCUT2D eigenvalue weighted by molar-refractivity contribution is 6.08. The van der Waals surface area contributed by atoms with E-state index in [9.17, 15) is 10.5 Å². The van der Waals surface area contributed by atoms with E-state index in [0.717, 1.165) is 58.3 Å². The van der Waals surface area contributed by atoms with Gasteiger partial charge in [0.2, 0.25) is 0 Å². The SMILES string of the molecule is CC1CC(C#N)=CC2=C1N(c1cccc(-n3c4c#cc(C#N)cc4c4ccccc43)n1)C1C=CCCC21. The number of pyridine rings is 1. The molecular formula is C32H23N5. The summed E-state index contributed by atoms with van der Waals surface area (Å²) in [7, 11) is 0. The van der Waals surface area contributed by atoms with E-state index < -0.39 is 0 Å².